The molecule has 1 amide bonds. The maximum atomic E-state index is 12.3. The molecule has 8 heteroatoms. The van der Waals surface area contributed by atoms with Crippen molar-refractivity contribution in [3.63, 3.8) is 0 Å². The summed E-state index contributed by atoms with van der Waals surface area (Å²) >= 11 is 1.43. The van der Waals surface area contributed by atoms with Crippen molar-refractivity contribution in [2.45, 2.75) is 26.0 Å². The first-order valence-corrected chi connectivity index (χ1v) is 8.06. The lowest BCUT2D eigenvalue weighted by Crippen LogP contribution is -2.47. The Balaban J connectivity index is 1.70. The lowest BCUT2D eigenvalue weighted by atomic mass is 10.2. The van der Waals surface area contributed by atoms with Crippen LogP contribution in [0.3, 0.4) is 0 Å². The molecule has 0 unspecified atom stereocenters. The third-order valence-electron chi connectivity index (χ3n) is 3.57. The Morgan fingerprint density at radius 2 is 2.41 bits per heavy atom. The van der Waals surface area contributed by atoms with E-state index in [-0.39, 0.29) is 24.4 Å². The number of morpholine rings is 1. The SMILES string of the molecule is CC[C@@H]1CN(C(=O)Cn2nc(-c3cccs3)oc2=O)CCO1. The summed E-state index contributed by atoms with van der Waals surface area (Å²) in [6.07, 6.45) is 0.921. The lowest BCUT2D eigenvalue weighted by molar-refractivity contribution is -0.139. The largest absolute Gasteiger partial charge is 0.437 e. The van der Waals surface area contributed by atoms with Crippen molar-refractivity contribution in [1.82, 2.24) is 14.7 Å². The molecule has 0 spiro atoms. The maximum Gasteiger partial charge on any atom is 0.437 e. The number of thiophene rings is 1. The van der Waals surface area contributed by atoms with E-state index in [4.69, 9.17) is 9.15 Å². The van der Waals surface area contributed by atoms with Gasteiger partial charge in [0.05, 0.1) is 17.6 Å². The minimum absolute atomic E-state index is 0.0633. The van der Waals surface area contributed by atoms with Gasteiger partial charge in [0.15, 0.2) is 0 Å². The van der Waals surface area contributed by atoms with E-state index in [1.807, 2.05) is 24.4 Å². The fourth-order valence-electron chi connectivity index (χ4n) is 2.33. The number of carbonyl (C=O) groups excluding carboxylic acids is 1. The molecule has 0 N–H and O–H groups in total. The van der Waals surface area contributed by atoms with E-state index in [2.05, 4.69) is 5.10 Å². The first kappa shape index (κ1) is 15.0. The van der Waals surface area contributed by atoms with Crippen LogP contribution in [0, 0.1) is 0 Å². The normalized spacial score (nSPS) is 18.6. The molecule has 0 bridgehead atoms. The van der Waals surface area contributed by atoms with Crippen LogP contribution in [-0.2, 0) is 16.1 Å². The highest BCUT2D eigenvalue weighted by Gasteiger charge is 2.24. The van der Waals surface area contributed by atoms with Crippen LogP contribution < -0.4 is 5.76 Å². The molecule has 1 atom stereocenters. The van der Waals surface area contributed by atoms with Gasteiger partial charge in [-0.3, -0.25) is 4.79 Å². The second-order valence-electron chi connectivity index (χ2n) is 5.05. The summed E-state index contributed by atoms with van der Waals surface area (Å²) in [7, 11) is 0. The van der Waals surface area contributed by atoms with Crippen LogP contribution in [0.15, 0.2) is 26.7 Å². The molecule has 0 aliphatic carbocycles. The van der Waals surface area contributed by atoms with Crippen molar-refractivity contribution >= 4 is 17.2 Å². The molecule has 3 heterocycles. The minimum atomic E-state index is -0.614. The van der Waals surface area contributed by atoms with Crippen LogP contribution >= 0.6 is 11.3 Å². The van der Waals surface area contributed by atoms with E-state index in [1.165, 1.54) is 11.3 Å². The van der Waals surface area contributed by atoms with Gasteiger partial charge in [-0.25, -0.2) is 4.79 Å². The Bertz CT molecular complexity index is 691. The predicted molar refractivity (Wildman–Crippen MR) is 80.7 cm³/mol. The Kier molecular flexibility index (Phi) is 4.39. The van der Waals surface area contributed by atoms with Gasteiger partial charge in [-0.15, -0.1) is 16.4 Å². The number of aromatic nitrogens is 2. The van der Waals surface area contributed by atoms with Crippen molar-refractivity contribution in [2.75, 3.05) is 19.7 Å². The molecule has 0 radical (unpaired) electrons. The van der Waals surface area contributed by atoms with E-state index in [0.717, 1.165) is 16.0 Å². The van der Waals surface area contributed by atoms with Gasteiger partial charge in [-0.05, 0) is 17.9 Å². The Morgan fingerprint density at radius 3 is 3.14 bits per heavy atom. The standard InChI is InChI=1S/C14H17N3O4S/c1-2-10-8-16(5-6-20-10)12(18)9-17-14(19)21-13(15-17)11-4-3-7-22-11/h3-4,7,10H,2,5-6,8-9H2,1H3/t10-/m1/s1. The van der Waals surface area contributed by atoms with Gasteiger partial charge in [-0.2, -0.15) is 4.68 Å². The van der Waals surface area contributed by atoms with Crippen LogP contribution in [0.5, 0.6) is 0 Å². The van der Waals surface area contributed by atoms with Gasteiger partial charge < -0.3 is 14.1 Å². The topological polar surface area (TPSA) is 77.6 Å². The number of nitrogens with zero attached hydrogens (tertiary/aromatic N) is 3. The number of hydrogen-bond acceptors (Lipinski definition) is 6. The van der Waals surface area contributed by atoms with E-state index in [9.17, 15) is 9.59 Å². The third-order valence-corrected chi connectivity index (χ3v) is 4.43. The maximum absolute atomic E-state index is 12.3. The summed E-state index contributed by atoms with van der Waals surface area (Å²) in [6.45, 7) is 3.54. The number of hydrogen-bond donors (Lipinski definition) is 0. The molecular weight excluding hydrogens is 306 g/mol. The Morgan fingerprint density at radius 1 is 1.55 bits per heavy atom. The molecular formula is C14H17N3O4S. The molecule has 3 rings (SSSR count). The Hall–Kier alpha value is -1.93. The average molecular weight is 323 g/mol. The van der Waals surface area contributed by atoms with Gasteiger partial charge in [0.25, 0.3) is 5.89 Å². The summed E-state index contributed by atoms with van der Waals surface area (Å²) in [4.78, 5) is 26.6. The number of carbonyl (C=O) groups is 1. The average Bonchev–Trinajstić information content (AvgIpc) is 3.18. The quantitative estimate of drug-likeness (QED) is 0.845. The molecule has 1 aliphatic rings. The van der Waals surface area contributed by atoms with Crippen LogP contribution in [-0.4, -0.2) is 46.4 Å². The molecule has 0 aromatic carbocycles. The van der Waals surface area contributed by atoms with Crippen molar-refractivity contribution < 1.29 is 13.9 Å². The van der Waals surface area contributed by atoms with Gasteiger partial charge in [-0.1, -0.05) is 13.0 Å². The minimum Gasteiger partial charge on any atom is -0.387 e. The first-order valence-electron chi connectivity index (χ1n) is 7.18. The lowest BCUT2D eigenvalue weighted by Gasteiger charge is -2.32. The summed E-state index contributed by atoms with van der Waals surface area (Å²) in [5.41, 5.74) is 0. The van der Waals surface area contributed by atoms with Crippen molar-refractivity contribution in [2.24, 2.45) is 0 Å². The molecule has 1 saturated heterocycles. The van der Waals surface area contributed by atoms with E-state index < -0.39 is 5.76 Å². The highest BCUT2D eigenvalue weighted by atomic mass is 32.1. The van der Waals surface area contributed by atoms with Crippen molar-refractivity contribution in [3.8, 4) is 10.8 Å². The fourth-order valence-corrected chi connectivity index (χ4v) is 2.97. The van der Waals surface area contributed by atoms with E-state index in [1.54, 1.807) is 4.90 Å². The van der Waals surface area contributed by atoms with Gasteiger partial charge in [0, 0.05) is 13.1 Å². The van der Waals surface area contributed by atoms with Gasteiger partial charge in [0.1, 0.15) is 6.54 Å². The smallest absolute Gasteiger partial charge is 0.387 e. The van der Waals surface area contributed by atoms with E-state index in [0.29, 0.717) is 19.7 Å². The summed E-state index contributed by atoms with van der Waals surface area (Å²) < 4.78 is 11.7. The predicted octanol–water partition coefficient (Wildman–Crippen LogP) is 1.20. The molecule has 118 valence electrons. The molecule has 1 fully saturated rings. The highest BCUT2D eigenvalue weighted by Crippen LogP contribution is 2.21. The third kappa shape index (κ3) is 3.12. The molecule has 7 nitrogen and oxygen atoms in total. The second kappa shape index (κ2) is 6.45. The zero-order valence-electron chi connectivity index (χ0n) is 12.2. The summed E-state index contributed by atoms with van der Waals surface area (Å²) in [6, 6.07) is 3.67. The molecule has 22 heavy (non-hydrogen) atoms. The molecule has 1 aliphatic heterocycles. The van der Waals surface area contributed by atoms with Crippen molar-refractivity contribution in [1.29, 1.82) is 0 Å². The monoisotopic (exact) mass is 323 g/mol. The molecule has 2 aromatic rings. The van der Waals surface area contributed by atoms with Gasteiger partial charge in [0.2, 0.25) is 5.91 Å². The highest BCUT2D eigenvalue weighted by molar-refractivity contribution is 7.13. The van der Waals surface area contributed by atoms with Gasteiger partial charge >= 0.3 is 5.76 Å². The zero-order valence-corrected chi connectivity index (χ0v) is 13.0. The summed E-state index contributed by atoms with van der Waals surface area (Å²) in [5.74, 6) is -0.506. The van der Waals surface area contributed by atoms with Crippen LogP contribution in [0.2, 0.25) is 0 Å². The number of rotatable bonds is 4. The summed E-state index contributed by atoms with van der Waals surface area (Å²) in [5, 5.41) is 5.97. The number of ether oxygens (including phenoxy) is 1. The van der Waals surface area contributed by atoms with Crippen LogP contribution in [0.1, 0.15) is 13.3 Å². The molecule has 2 aromatic heterocycles. The zero-order chi connectivity index (χ0) is 15.5. The van der Waals surface area contributed by atoms with Crippen LogP contribution in [0.4, 0.5) is 0 Å². The Labute approximate surface area is 131 Å². The first-order chi connectivity index (χ1) is 10.7. The second-order valence-corrected chi connectivity index (χ2v) is 6.00. The van der Waals surface area contributed by atoms with E-state index >= 15 is 0 Å². The van der Waals surface area contributed by atoms with Crippen molar-refractivity contribution in [3.05, 3.63) is 28.1 Å². The molecule has 0 saturated carbocycles. The fraction of sp³-hybridized carbons (Fsp3) is 0.500. The van der Waals surface area contributed by atoms with Crippen LogP contribution in [0.25, 0.3) is 10.8 Å². The number of amides is 1.